The van der Waals surface area contributed by atoms with Crippen molar-refractivity contribution in [3.63, 3.8) is 0 Å². The van der Waals surface area contributed by atoms with Crippen LogP contribution < -0.4 is 5.32 Å². The largest absolute Gasteiger partial charge is 0.416 e. The maximum Gasteiger partial charge on any atom is 0.416 e. The molecule has 0 bridgehead atoms. The first-order valence-electron chi connectivity index (χ1n) is 10.9. The molecule has 1 saturated heterocycles. The van der Waals surface area contributed by atoms with Crippen LogP contribution in [0, 0.1) is 20.8 Å². The van der Waals surface area contributed by atoms with Gasteiger partial charge in [-0.25, -0.2) is 0 Å². The van der Waals surface area contributed by atoms with Crippen LogP contribution >= 0.6 is 11.8 Å². The number of alkyl halides is 3. The number of aryl methyl sites for hydroxylation is 2. The van der Waals surface area contributed by atoms with Crippen molar-refractivity contribution in [2.75, 3.05) is 11.9 Å². The van der Waals surface area contributed by atoms with Crippen LogP contribution in [0.15, 0.2) is 59.5 Å². The van der Waals surface area contributed by atoms with Gasteiger partial charge in [0.2, 0.25) is 5.91 Å². The van der Waals surface area contributed by atoms with Crippen LogP contribution in [0.3, 0.4) is 0 Å². The lowest BCUT2D eigenvalue weighted by Crippen LogP contribution is -2.36. The van der Waals surface area contributed by atoms with E-state index in [1.54, 1.807) is 42.7 Å². The fourth-order valence-electron chi connectivity index (χ4n) is 3.91. The normalized spacial score (nSPS) is 15.2. The van der Waals surface area contributed by atoms with Crippen molar-refractivity contribution in [2.45, 2.75) is 26.9 Å². The van der Waals surface area contributed by atoms with Crippen molar-refractivity contribution in [1.82, 2.24) is 9.47 Å². The molecule has 1 N–H and O–H groups in total. The Morgan fingerprint density at radius 1 is 1.03 bits per heavy atom. The van der Waals surface area contributed by atoms with E-state index < -0.39 is 35.3 Å². The number of halogens is 3. The first-order valence-corrected chi connectivity index (χ1v) is 11.7. The highest BCUT2D eigenvalue weighted by molar-refractivity contribution is 8.18. The number of nitrogens with zero attached hydrogens (tertiary/aromatic N) is 2. The van der Waals surface area contributed by atoms with E-state index in [4.69, 9.17) is 0 Å². The van der Waals surface area contributed by atoms with Crippen molar-refractivity contribution in [2.24, 2.45) is 0 Å². The van der Waals surface area contributed by atoms with E-state index in [9.17, 15) is 27.6 Å². The number of carbonyl (C=O) groups excluding carboxylic acids is 3. The number of anilines is 1. The molecule has 2 heterocycles. The standard InChI is InChI=1S/C26H22F3N3O3S/c1-15-7-9-20(10-8-15)30-23(33)14-31-24(34)22(36-25(31)35)12-18-11-16(2)32(17(18)3)21-6-4-5-19(13-21)26(27,28)29/h4-13H,14H2,1-3H3,(H,30,33)/b22-12-. The highest BCUT2D eigenvalue weighted by Crippen LogP contribution is 2.35. The number of carbonyl (C=O) groups is 3. The molecular formula is C26H22F3N3O3S. The molecule has 0 spiro atoms. The number of nitrogens with one attached hydrogen (secondary N) is 1. The molecule has 0 atom stereocenters. The lowest BCUT2D eigenvalue weighted by Gasteiger charge is -2.13. The Kier molecular flexibility index (Phi) is 6.81. The van der Waals surface area contributed by atoms with Crippen molar-refractivity contribution >= 4 is 40.6 Å². The van der Waals surface area contributed by atoms with Crippen LogP contribution in [0.1, 0.15) is 28.1 Å². The molecule has 2 aromatic carbocycles. The molecule has 1 fully saturated rings. The van der Waals surface area contributed by atoms with Gasteiger partial charge in [0.15, 0.2) is 0 Å². The highest BCUT2D eigenvalue weighted by atomic mass is 32.2. The molecule has 36 heavy (non-hydrogen) atoms. The molecule has 0 unspecified atom stereocenters. The number of aromatic nitrogens is 1. The summed E-state index contributed by atoms with van der Waals surface area (Å²) < 4.78 is 41.2. The minimum atomic E-state index is -4.47. The van der Waals surface area contributed by atoms with Gasteiger partial charge in [0.1, 0.15) is 6.54 Å². The van der Waals surface area contributed by atoms with Gasteiger partial charge in [0.25, 0.3) is 11.1 Å². The summed E-state index contributed by atoms with van der Waals surface area (Å²) in [5.41, 5.74) is 3.00. The van der Waals surface area contributed by atoms with Crippen LogP contribution in [0.25, 0.3) is 11.8 Å². The van der Waals surface area contributed by atoms with Crippen LogP contribution in [0.2, 0.25) is 0 Å². The van der Waals surface area contributed by atoms with Gasteiger partial charge >= 0.3 is 6.18 Å². The van der Waals surface area contributed by atoms with Gasteiger partial charge in [-0.2, -0.15) is 13.2 Å². The van der Waals surface area contributed by atoms with Gasteiger partial charge in [0.05, 0.1) is 10.5 Å². The average molecular weight is 514 g/mol. The SMILES string of the molecule is Cc1ccc(NC(=O)CN2C(=O)S/C(=C\c3cc(C)n(-c4cccc(C(F)(F)F)c4)c3C)C2=O)cc1. The lowest BCUT2D eigenvalue weighted by molar-refractivity contribution is -0.137. The summed E-state index contributed by atoms with van der Waals surface area (Å²) in [7, 11) is 0. The maximum atomic E-state index is 13.2. The van der Waals surface area contributed by atoms with Crippen molar-refractivity contribution in [3.8, 4) is 5.69 Å². The Balaban J connectivity index is 1.55. The third kappa shape index (κ3) is 5.23. The average Bonchev–Trinajstić information content (AvgIpc) is 3.24. The van der Waals surface area contributed by atoms with Gasteiger partial charge in [-0.3, -0.25) is 19.3 Å². The summed E-state index contributed by atoms with van der Waals surface area (Å²) in [6.45, 7) is 4.94. The first kappa shape index (κ1) is 25.3. The fraction of sp³-hybridized carbons (Fsp3) is 0.192. The summed E-state index contributed by atoms with van der Waals surface area (Å²) >= 11 is 0.713. The Morgan fingerprint density at radius 2 is 1.72 bits per heavy atom. The third-order valence-corrected chi connectivity index (χ3v) is 6.61. The smallest absolute Gasteiger partial charge is 0.325 e. The molecule has 1 aromatic heterocycles. The molecule has 0 radical (unpaired) electrons. The topological polar surface area (TPSA) is 71.4 Å². The van der Waals surface area contributed by atoms with Gasteiger partial charge in [0, 0.05) is 22.8 Å². The summed E-state index contributed by atoms with van der Waals surface area (Å²) in [5.74, 6) is -1.11. The van der Waals surface area contributed by atoms with Crippen molar-refractivity contribution in [3.05, 3.63) is 87.6 Å². The summed E-state index contributed by atoms with van der Waals surface area (Å²) in [6.07, 6.45) is -2.95. The van der Waals surface area contributed by atoms with Gasteiger partial charge in [-0.1, -0.05) is 23.8 Å². The molecule has 1 aliphatic heterocycles. The van der Waals surface area contributed by atoms with E-state index in [0.717, 1.165) is 22.6 Å². The molecule has 1 aliphatic rings. The number of hydrogen-bond acceptors (Lipinski definition) is 4. The Labute approximate surface area is 209 Å². The van der Waals surface area contributed by atoms with Crippen LogP contribution in [-0.2, 0) is 15.8 Å². The maximum absolute atomic E-state index is 13.2. The summed E-state index contributed by atoms with van der Waals surface area (Å²) in [6, 6.07) is 13.8. The predicted octanol–water partition coefficient (Wildman–Crippen LogP) is 6.10. The second-order valence-electron chi connectivity index (χ2n) is 8.39. The van der Waals surface area contributed by atoms with Crippen LogP contribution in [0.4, 0.5) is 23.7 Å². The van der Waals surface area contributed by atoms with E-state index >= 15 is 0 Å². The number of amides is 3. The third-order valence-electron chi connectivity index (χ3n) is 5.70. The van der Waals surface area contributed by atoms with E-state index in [0.29, 0.717) is 40.1 Å². The first-order chi connectivity index (χ1) is 16.9. The molecule has 3 aromatic rings. The fourth-order valence-corrected chi connectivity index (χ4v) is 4.74. The minimum Gasteiger partial charge on any atom is -0.325 e. The molecular weight excluding hydrogens is 491 g/mol. The number of thioether (sulfide) groups is 1. The lowest BCUT2D eigenvalue weighted by atomic mass is 10.2. The van der Waals surface area contributed by atoms with E-state index in [1.807, 2.05) is 19.1 Å². The van der Waals surface area contributed by atoms with Crippen LogP contribution in [0.5, 0.6) is 0 Å². The molecule has 0 aliphatic carbocycles. The number of imide groups is 1. The monoisotopic (exact) mass is 513 g/mol. The molecule has 0 saturated carbocycles. The van der Waals surface area contributed by atoms with E-state index in [1.165, 1.54) is 12.1 Å². The zero-order valence-electron chi connectivity index (χ0n) is 19.6. The van der Waals surface area contributed by atoms with Crippen molar-refractivity contribution < 1.29 is 27.6 Å². The molecule has 186 valence electrons. The number of benzene rings is 2. The minimum absolute atomic E-state index is 0.132. The number of hydrogen-bond donors (Lipinski definition) is 1. The Bertz CT molecular complexity index is 1390. The zero-order chi connectivity index (χ0) is 26.2. The summed E-state index contributed by atoms with van der Waals surface area (Å²) in [4.78, 5) is 38.7. The molecule has 6 nitrogen and oxygen atoms in total. The molecule has 3 amide bonds. The Morgan fingerprint density at radius 3 is 2.39 bits per heavy atom. The number of rotatable bonds is 5. The zero-order valence-corrected chi connectivity index (χ0v) is 20.5. The Hall–Kier alpha value is -3.79. The molecule has 4 rings (SSSR count). The van der Waals surface area contributed by atoms with E-state index in [-0.39, 0.29) is 4.91 Å². The van der Waals surface area contributed by atoms with Crippen molar-refractivity contribution in [1.29, 1.82) is 0 Å². The van der Waals surface area contributed by atoms with Gasteiger partial charge < -0.3 is 9.88 Å². The van der Waals surface area contributed by atoms with Gasteiger partial charge in [-0.15, -0.1) is 0 Å². The van der Waals surface area contributed by atoms with Crippen LogP contribution in [-0.4, -0.2) is 33.1 Å². The summed E-state index contributed by atoms with van der Waals surface area (Å²) in [5, 5.41) is 2.09. The molecule has 10 heteroatoms. The second kappa shape index (κ2) is 9.69. The predicted molar refractivity (Wildman–Crippen MR) is 133 cm³/mol. The van der Waals surface area contributed by atoms with E-state index in [2.05, 4.69) is 5.32 Å². The second-order valence-corrected chi connectivity index (χ2v) is 9.39. The quantitative estimate of drug-likeness (QED) is 0.419. The highest BCUT2D eigenvalue weighted by Gasteiger charge is 2.36. The van der Waals surface area contributed by atoms with Gasteiger partial charge in [-0.05, 0) is 80.6 Å².